The molecule has 0 aliphatic carbocycles. The van der Waals surface area contributed by atoms with Crippen molar-refractivity contribution < 1.29 is 0 Å². The van der Waals surface area contributed by atoms with E-state index in [4.69, 9.17) is 11.6 Å². The van der Waals surface area contributed by atoms with Gasteiger partial charge in [0.05, 0.1) is 5.01 Å². The van der Waals surface area contributed by atoms with Gasteiger partial charge in [-0.15, -0.1) is 11.3 Å². The minimum atomic E-state index is 0.523. The molecule has 2 aromatic heterocycles. The molecule has 0 radical (unpaired) electrons. The first-order valence-electron chi connectivity index (χ1n) is 7.63. The van der Waals surface area contributed by atoms with Gasteiger partial charge in [0.1, 0.15) is 5.15 Å². The highest BCUT2D eigenvalue weighted by atomic mass is 35.5. The van der Waals surface area contributed by atoms with Gasteiger partial charge in [-0.2, -0.15) is 0 Å². The molecule has 0 amide bonds. The number of thiazole rings is 1. The van der Waals surface area contributed by atoms with Crippen LogP contribution in [0, 0.1) is 6.92 Å². The number of hydrogen-bond acceptors (Lipinski definition) is 4. The molecule has 2 rings (SSSR count). The summed E-state index contributed by atoms with van der Waals surface area (Å²) in [6.07, 6.45) is 4.72. The molecule has 0 saturated carbocycles. The first-order chi connectivity index (χ1) is 11.2. The van der Waals surface area contributed by atoms with Crippen molar-refractivity contribution in [3.8, 4) is 0 Å². The van der Waals surface area contributed by atoms with Crippen molar-refractivity contribution in [3.05, 3.63) is 45.1 Å². The fourth-order valence-corrected chi connectivity index (χ4v) is 2.99. The second-order valence-electron chi connectivity index (χ2n) is 5.15. The highest BCUT2D eigenvalue weighted by molar-refractivity contribution is 7.09. The van der Waals surface area contributed by atoms with Crippen LogP contribution in [0.1, 0.15) is 22.7 Å². The predicted molar refractivity (Wildman–Crippen MR) is 97.5 cm³/mol. The zero-order valence-electron chi connectivity index (χ0n) is 13.5. The maximum absolute atomic E-state index is 5.78. The number of pyridine rings is 1. The molecule has 0 aromatic carbocycles. The molecular formula is C16H22ClN5S. The van der Waals surface area contributed by atoms with E-state index in [9.17, 15) is 0 Å². The lowest BCUT2D eigenvalue weighted by Gasteiger charge is -2.11. The monoisotopic (exact) mass is 351 g/mol. The molecule has 124 valence electrons. The molecule has 5 nitrogen and oxygen atoms in total. The van der Waals surface area contributed by atoms with Gasteiger partial charge in [0.15, 0.2) is 5.96 Å². The Labute approximate surface area is 146 Å². The largest absolute Gasteiger partial charge is 0.356 e. The number of halogens is 1. The molecule has 0 spiro atoms. The Hall–Kier alpha value is -1.66. The number of aryl methyl sites for hydroxylation is 2. The summed E-state index contributed by atoms with van der Waals surface area (Å²) in [7, 11) is 1.78. The fourth-order valence-electron chi connectivity index (χ4n) is 2.06. The second kappa shape index (κ2) is 9.47. The lowest BCUT2D eigenvalue weighted by molar-refractivity contribution is 0.736. The quantitative estimate of drug-likeness (QED) is 0.348. The summed E-state index contributed by atoms with van der Waals surface area (Å²) in [5, 5.41) is 10.4. The van der Waals surface area contributed by atoms with Crippen molar-refractivity contribution in [2.75, 3.05) is 20.1 Å². The van der Waals surface area contributed by atoms with Gasteiger partial charge in [0.2, 0.25) is 0 Å². The van der Waals surface area contributed by atoms with Crippen molar-refractivity contribution >= 4 is 28.9 Å². The number of nitrogens with one attached hydrogen (secondary N) is 2. The molecule has 0 saturated heterocycles. The predicted octanol–water partition coefficient (Wildman–Crippen LogP) is 2.84. The third-order valence-electron chi connectivity index (χ3n) is 3.24. The van der Waals surface area contributed by atoms with Crippen molar-refractivity contribution in [2.24, 2.45) is 4.99 Å². The van der Waals surface area contributed by atoms with Gasteiger partial charge in [0.25, 0.3) is 0 Å². The molecule has 0 atom stereocenters. The summed E-state index contributed by atoms with van der Waals surface area (Å²) in [6, 6.07) is 3.80. The van der Waals surface area contributed by atoms with Crippen LogP contribution in [0.25, 0.3) is 0 Å². The average molecular weight is 352 g/mol. The highest BCUT2D eigenvalue weighted by Gasteiger charge is 2.01. The number of hydrogen-bond donors (Lipinski definition) is 2. The number of guanidine groups is 1. The van der Waals surface area contributed by atoms with E-state index < -0.39 is 0 Å². The number of aromatic nitrogens is 2. The van der Waals surface area contributed by atoms with Crippen LogP contribution in [0.4, 0.5) is 0 Å². The van der Waals surface area contributed by atoms with E-state index in [-0.39, 0.29) is 0 Å². The normalized spacial score (nSPS) is 11.5. The van der Waals surface area contributed by atoms with E-state index in [0.29, 0.717) is 5.15 Å². The molecule has 0 bridgehead atoms. The Morgan fingerprint density at radius 1 is 1.26 bits per heavy atom. The lowest BCUT2D eigenvalue weighted by atomic mass is 10.2. The molecule has 2 aromatic rings. The van der Waals surface area contributed by atoms with Crippen LogP contribution in [0.3, 0.4) is 0 Å². The van der Waals surface area contributed by atoms with Gasteiger partial charge in [-0.1, -0.05) is 17.7 Å². The van der Waals surface area contributed by atoms with Crippen LogP contribution in [0.2, 0.25) is 5.15 Å². The Morgan fingerprint density at radius 3 is 2.74 bits per heavy atom. The maximum atomic E-state index is 5.78. The Bertz CT molecular complexity index is 624. The summed E-state index contributed by atoms with van der Waals surface area (Å²) in [6.45, 7) is 3.70. The van der Waals surface area contributed by atoms with Crippen molar-refractivity contribution in [1.82, 2.24) is 20.6 Å². The van der Waals surface area contributed by atoms with Crippen molar-refractivity contribution in [2.45, 2.75) is 26.2 Å². The van der Waals surface area contributed by atoms with Crippen LogP contribution in [0.5, 0.6) is 0 Å². The van der Waals surface area contributed by atoms with Gasteiger partial charge >= 0.3 is 0 Å². The van der Waals surface area contributed by atoms with Crippen molar-refractivity contribution in [3.63, 3.8) is 0 Å². The Kier molecular flexibility index (Phi) is 7.29. The topological polar surface area (TPSA) is 62.2 Å². The van der Waals surface area contributed by atoms with E-state index in [1.807, 2.05) is 19.1 Å². The molecule has 0 unspecified atom stereocenters. The minimum Gasteiger partial charge on any atom is -0.356 e. The van der Waals surface area contributed by atoms with Crippen LogP contribution in [0.15, 0.2) is 28.7 Å². The smallest absolute Gasteiger partial charge is 0.190 e. The second-order valence-corrected chi connectivity index (χ2v) is 6.48. The SMILES string of the molecule is CN=C(NCCCc1nc(C)cs1)NCCc1ccc(Cl)nc1. The zero-order valence-corrected chi connectivity index (χ0v) is 15.0. The Morgan fingerprint density at radius 2 is 2.09 bits per heavy atom. The zero-order chi connectivity index (χ0) is 16.5. The first kappa shape index (κ1) is 17.7. The number of rotatable bonds is 7. The molecule has 2 heterocycles. The van der Waals surface area contributed by atoms with E-state index in [0.717, 1.165) is 49.6 Å². The summed E-state index contributed by atoms with van der Waals surface area (Å²) < 4.78 is 0. The van der Waals surface area contributed by atoms with E-state index >= 15 is 0 Å². The van der Waals surface area contributed by atoms with Crippen LogP contribution in [-0.2, 0) is 12.8 Å². The van der Waals surface area contributed by atoms with Gasteiger partial charge in [-0.05, 0) is 31.4 Å². The van der Waals surface area contributed by atoms with E-state index in [1.54, 1.807) is 24.6 Å². The van der Waals surface area contributed by atoms with Crippen molar-refractivity contribution in [1.29, 1.82) is 0 Å². The molecule has 23 heavy (non-hydrogen) atoms. The summed E-state index contributed by atoms with van der Waals surface area (Å²) in [5.41, 5.74) is 2.25. The standard InChI is InChI=1S/C16H22ClN5S/c1-12-11-23-15(22-12)4-3-8-19-16(18-2)20-9-7-13-5-6-14(17)21-10-13/h5-6,10-11H,3-4,7-9H2,1-2H3,(H2,18,19,20). The Balaban J connectivity index is 1.62. The molecule has 0 aliphatic rings. The van der Waals surface area contributed by atoms with Gasteiger partial charge < -0.3 is 10.6 Å². The van der Waals surface area contributed by atoms with Gasteiger partial charge in [-0.25, -0.2) is 9.97 Å². The van der Waals surface area contributed by atoms with Crippen LogP contribution >= 0.6 is 22.9 Å². The first-order valence-corrected chi connectivity index (χ1v) is 8.89. The molecule has 0 aliphatic heterocycles. The van der Waals surface area contributed by atoms with Crippen LogP contribution < -0.4 is 10.6 Å². The molecule has 2 N–H and O–H groups in total. The lowest BCUT2D eigenvalue weighted by Crippen LogP contribution is -2.38. The number of aliphatic imine (C=N–C) groups is 1. The maximum Gasteiger partial charge on any atom is 0.190 e. The molecule has 7 heteroatoms. The van der Waals surface area contributed by atoms with Crippen LogP contribution in [-0.4, -0.2) is 36.1 Å². The fraction of sp³-hybridized carbons (Fsp3) is 0.438. The van der Waals surface area contributed by atoms with Gasteiger partial charge in [-0.3, -0.25) is 4.99 Å². The third-order valence-corrected chi connectivity index (χ3v) is 4.49. The molecule has 0 fully saturated rings. The summed E-state index contributed by atoms with van der Waals surface area (Å²) >= 11 is 7.50. The molecular weight excluding hydrogens is 330 g/mol. The highest BCUT2D eigenvalue weighted by Crippen LogP contribution is 2.10. The average Bonchev–Trinajstić information content (AvgIpc) is 2.97. The van der Waals surface area contributed by atoms with Gasteiger partial charge in [0, 0.05) is 43.8 Å². The number of nitrogens with zero attached hydrogens (tertiary/aromatic N) is 3. The van der Waals surface area contributed by atoms with E-state index in [2.05, 4.69) is 31.0 Å². The minimum absolute atomic E-state index is 0.523. The summed E-state index contributed by atoms with van der Waals surface area (Å²) in [4.78, 5) is 12.8. The summed E-state index contributed by atoms with van der Waals surface area (Å²) in [5.74, 6) is 0.822. The third kappa shape index (κ3) is 6.54. The van der Waals surface area contributed by atoms with E-state index in [1.165, 1.54) is 5.01 Å².